The molecule has 1 aliphatic rings. The summed E-state index contributed by atoms with van der Waals surface area (Å²) in [5, 5.41) is 2.61. The zero-order valence-corrected chi connectivity index (χ0v) is 12.8. The number of rotatable bonds is 0. The lowest BCUT2D eigenvalue weighted by Crippen LogP contribution is -2.50. The number of nitrogens with one attached hydrogen (secondary N) is 1. The van der Waals surface area contributed by atoms with Crippen LogP contribution in [0.4, 0.5) is 21.0 Å². The number of ether oxygens (including phenoxy) is 1. The standard InChI is InChI=1S/C15H21N3O3/c1-15(2,3)21-14(20)18-10-9-17(13(19)16-4)11-7-5-6-8-12(11)18/h5-8H,9-10H2,1-4H3,(H,16,19). The Bertz CT molecular complexity index is 551. The molecule has 1 aromatic rings. The van der Waals surface area contributed by atoms with Gasteiger partial charge in [0.25, 0.3) is 0 Å². The predicted octanol–water partition coefficient (Wildman–Crippen LogP) is 2.59. The number of amides is 3. The second-order valence-electron chi connectivity index (χ2n) is 5.83. The Morgan fingerprint density at radius 3 is 2.14 bits per heavy atom. The Morgan fingerprint density at radius 1 is 1.10 bits per heavy atom. The number of nitrogens with zero attached hydrogens (tertiary/aromatic N) is 2. The van der Waals surface area contributed by atoms with Crippen molar-refractivity contribution in [2.24, 2.45) is 0 Å². The topological polar surface area (TPSA) is 61.9 Å². The molecule has 0 saturated carbocycles. The Kier molecular flexibility index (Phi) is 4.06. The van der Waals surface area contributed by atoms with E-state index in [0.717, 1.165) is 0 Å². The maximum absolute atomic E-state index is 12.3. The first-order valence-electron chi connectivity index (χ1n) is 6.92. The first kappa shape index (κ1) is 15.2. The Balaban J connectivity index is 2.31. The molecule has 0 bridgehead atoms. The van der Waals surface area contributed by atoms with Gasteiger partial charge in [-0.25, -0.2) is 9.59 Å². The largest absolute Gasteiger partial charge is 0.443 e. The van der Waals surface area contributed by atoms with Gasteiger partial charge in [0, 0.05) is 20.1 Å². The van der Waals surface area contributed by atoms with Crippen molar-refractivity contribution in [3.8, 4) is 0 Å². The van der Waals surface area contributed by atoms with Crippen molar-refractivity contribution in [3.05, 3.63) is 24.3 Å². The Morgan fingerprint density at radius 2 is 1.62 bits per heavy atom. The van der Waals surface area contributed by atoms with Gasteiger partial charge in [-0.2, -0.15) is 0 Å². The summed E-state index contributed by atoms with van der Waals surface area (Å²) in [6.45, 7) is 6.32. The minimum atomic E-state index is -0.552. The summed E-state index contributed by atoms with van der Waals surface area (Å²) in [5.41, 5.74) is 0.833. The van der Waals surface area contributed by atoms with Crippen LogP contribution >= 0.6 is 0 Å². The third kappa shape index (κ3) is 3.26. The summed E-state index contributed by atoms with van der Waals surface area (Å²) in [5.74, 6) is 0. The highest BCUT2D eigenvalue weighted by atomic mass is 16.6. The van der Waals surface area contributed by atoms with Gasteiger partial charge in [0.15, 0.2) is 0 Å². The van der Waals surface area contributed by atoms with E-state index < -0.39 is 11.7 Å². The number of hydrogen-bond acceptors (Lipinski definition) is 3. The van der Waals surface area contributed by atoms with E-state index in [1.165, 1.54) is 0 Å². The molecule has 0 fully saturated rings. The molecule has 0 aliphatic carbocycles. The molecule has 0 unspecified atom stereocenters. The zero-order valence-electron chi connectivity index (χ0n) is 12.8. The molecule has 3 amide bonds. The van der Waals surface area contributed by atoms with E-state index in [1.54, 1.807) is 16.8 Å². The van der Waals surface area contributed by atoms with Crippen LogP contribution in [0.5, 0.6) is 0 Å². The highest BCUT2D eigenvalue weighted by molar-refractivity contribution is 6.01. The molecule has 21 heavy (non-hydrogen) atoms. The summed E-state index contributed by atoms with van der Waals surface area (Å²) in [6, 6.07) is 7.12. The molecular weight excluding hydrogens is 270 g/mol. The van der Waals surface area contributed by atoms with Crippen molar-refractivity contribution in [2.75, 3.05) is 29.9 Å². The fraction of sp³-hybridized carbons (Fsp3) is 0.467. The number of fused-ring (bicyclic) bond motifs is 1. The molecule has 0 spiro atoms. The van der Waals surface area contributed by atoms with E-state index in [2.05, 4.69) is 5.32 Å². The SMILES string of the molecule is CNC(=O)N1CCN(C(=O)OC(C)(C)C)c2ccccc21. The molecule has 0 saturated heterocycles. The molecule has 0 aromatic heterocycles. The van der Waals surface area contributed by atoms with Gasteiger partial charge in [-0.1, -0.05) is 12.1 Å². The Hall–Kier alpha value is -2.24. The molecule has 1 aliphatic heterocycles. The van der Waals surface area contributed by atoms with Gasteiger partial charge in [0.05, 0.1) is 11.4 Å². The molecule has 0 radical (unpaired) electrons. The van der Waals surface area contributed by atoms with Crippen molar-refractivity contribution >= 4 is 23.5 Å². The van der Waals surface area contributed by atoms with Gasteiger partial charge in [-0.3, -0.25) is 9.80 Å². The highest BCUT2D eigenvalue weighted by Gasteiger charge is 2.31. The third-order valence-corrected chi connectivity index (χ3v) is 3.08. The molecule has 114 valence electrons. The number of hydrogen-bond donors (Lipinski definition) is 1. The van der Waals surface area contributed by atoms with Crippen LogP contribution in [-0.2, 0) is 4.74 Å². The van der Waals surface area contributed by atoms with E-state index in [-0.39, 0.29) is 6.03 Å². The molecule has 1 heterocycles. The van der Waals surface area contributed by atoms with Crippen LogP contribution in [0.2, 0.25) is 0 Å². The lowest BCUT2D eigenvalue weighted by Gasteiger charge is -2.36. The number of carbonyl (C=O) groups excluding carboxylic acids is 2. The van der Waals surface area contributed by atoms with E-state index in [4.69, 9.17) is 4.74 Å². The maximum atomic E-state index is 12.3. The van der Waals surface area contributed by atoms with E-state index in [0.29, 0.717) is 24.5 Å². The van der Waals surface area contributed by atoms with Crippen molar-refractivity contribution in [3.63, 3.8) is 0 Å². The highest BCUT2D eigenvalue weighted by Crippen LogP contribution is 2.33. The molecule has 1 N–H and O–H groups in total. The van der Waals surface area contributed by atoms with E-state index in [9.17, 15) is 9.59 Å². The summed E-state index contributed by atoms with van der Waals surface area (Å²) in [4.78, 5) is 27.4. The van der Waals surface area contributed by atoms with Gasteiger partial charge in [0.1, 0.15) is 5.60 Å². The van der Waals surface area contributed by atoms with Crippen molar-refractivity contribution in [2.45, 2.75) is 26.4 Å². The summed E-state index contributed by atoms with van der Waals surface area (Å²) in [7, 11) is 1.59. The van der Waals surface area contributed by atoms with Crippen LogP contribution in [-0.4, -0.2) is 37.9 Å². The number of urea groups is 1. The predicted molar refractivity (Wildman–Crippen MR) is 81.8 cm³/mol. The number of carbonyl (C=O) groups is 2. The number of anilines is 2. The van der Waals surface area contributed by atoms with Gasteiger partial charge in [-0.15, -0.1) is 0 Å². The average molecular weight is 291 g/mol. The zero-order chi connectivity index (χ0) is 15.6. The molecule has 1 aromatic carbocycles. The van der Waals surface area contributed by atoms with Crippen molar-refractivity contribution in [1.29, 1.82) is 0 Å². The van der Waals surface area contributed by atoms with E-state index >= 15 is 0 Å². The molecule has 6 nitrogen and oxygen atoms in total. The fourth-order valence-electron chi connectivity index (χ4n) is 2.21. The number of benzene rings is 1. The van der Waals surface area contributed by atoms with Crippen LogP contribution in [0.1, 0.15) is 20.8 Å². The lowest BCUT2D eigenvalue weighted by molar-refractivity contribution is 0.0580. The van der Waals surface area contributed by atoms with Gasteiger partial charge < -0.3 is 10.1 Å². The van der Waals surface area contributed by atoms with Crippen LogP contribution in [0.3, 0.4) is 0 Å². The smallest absolute Gasteiger partial charge is 0.414 e. The quantitative estimate of drug-likeness (QED) is 0.799. The average Bonchev–Trinajstić information content (AvgIpc) is 2.43. The summed E-state index contributed by atoms with van der Waals surface area (Å²) in [6.07, 6.45) is -0.397. The Labute approximate surface area is 124 Å². The van der Waals surface area contributed by atoms with Crippen LogP contribution in [0, 0.1) is 0 Å². The van der Waals surface area contributed by atoms with Crippen molar-refractivity contribution < 1.29 is 14.3 Å². The first-order valence-corrected chi connectivity index (χ1v) is 6.92. The molecular formula is C15H21N3O3. The van der Waals surface area contributed by atoms with Crippen LogP contribution in [0.25, 0.3) is 0 Å². The summed E-state index contributed by atoms with van der Waals surface area (Å²) < 4.78 is 5.42. The summed E-state index contributed by atoms with van der Waals surface area (Å²) >= 11 is 0. The van der Waals surface area contributed by atoms with Crippen molar-refractivity contribution in [1.82, 2.24) is 5.32 Å². The monoisotopic (exact) mass is 291 g/mol. The van der Waals surface area contributed by atoms with Gasteiger partial charge >= 0.3 is 12.1 Å². The molecule has 2 rings (SSSR count). The lowest BCUT2D eigenvalue weighted by atomic mass is 10.1. The van der Waals surface area contributed by atoms with Gasteiger partial charge in [-0.05, 0) is 32.9 Å². The minimum Gasteiger partial charge on any atom is -0.443 e. The third-order valence-electron chi connectivity index (χ3n) is 3.08. The number of para-hydroxylation sites is 2. The molecule has 6 heteroatoms. The second kappa shape index (κ2) is 5.63. The second-order valence-corrected chi connectivity index (χ2v) is 5.83. The molecule has 0 atom stereocenters. The van der Waals surface area contributed by atoms with E-state index in [1.807, 2.05) is 45.0 Å². The minimum absolute atomic E-state index is 0.189. The van der Waals surface area contributed by atoms with Crippen LogP contribution < -0.4 is 15.1 Å². The normalized spacial score (nSPS) is 14.5. The fourth-order valence-corrected chi connectivity index (χ4v) is 2.21. The first-order chi connectivity index (χ1) is 9.83. The maximum Gasteiger partial charge on any atom is 0.414 e. The van der Waals surface area contributed by atoms with Gasteiger partial charge in [0.2, 0.25) is 0 Å². The van der Waals surface area contributed by atoms with Crippen LogP contribution in [0.15, 0.2) is 24.3 Å².